The number of H-pyrrole nitrogens is 1. The lowest BCUT2D eigenvalue weighted by molar-refractivity contribution is -0.0528. The summed E-state index contributed by atoms with van der Waals surface area (Å²) in [6.45, 7) is 2.83. The highest BCUT2D eigenvalue weighted by Gasteiger charge is 2.19. The van der Waals surface area contributed by atoms with Gasteiger partial charge in [-0.2, -0.15) is 8.78 Å². The van der Waals surface area contributed by atoms with Crippen molar-refractivity contribution in [2.24, 2.45) is 0 Å². The molecule has 1 N–H and O–H groups in total. The minimum atomic E-state index is -2.88. The molecule has 0 bridgehead atoms. The Kier molecular flexibility index (Phi) is 5.96. The highest BCUT2D eigenvalue weighted by molar-refractivity contribution is 9.10. The number of fused-ring (bicyclic) bond motifs is 1. The Morgan fingerprint density at radius 3 is 2.67 bits per heavy atom. The van der Waals surface area contributed by atoms with Gasteiger partial charge < -0.3 is 14.6 Å². The van der Waals surface area contributed by atoms with E-state index < -0.39 is 6.61 Å². The lowest BCUT2D eigenvalue weighted by atomic mass is 10.1. The van der Waals surface area contributed by atoms with Crippen molar-refractivity contribution >= 4 is 32.7 Å². The number of hydrogen-bond donors (Lipinski definition) is 1. The predicted octanol–water partition coefficient (Wildman–Crippen LogP) is 3.31. The lowest BCUT2D eigenvalue weighted by Crippen LogP contribution is -2.46. The van der Waals surface area contributed by atoms with Crippen molar-refractivity contribution in [2.75, 3.05) is 31.1 Å². The van der Waals surface area contributed by atoms with Crippen molar-refractivity contribution in [1.29, 1.82) is 0 Å². The van der Waals surface area contributed by atoms with Gasteiger partial charge in [0.2, 0.25) is 5.88 Å². The van der Waals surface area contributed by atoms with Gasteiger partial charge in [-0.25, -0.2) is 9.97 Å². The first-order valence-electron chi connectivity index (χ1n) is 9.46. The van der Waals surface area contributed by atoms with E-state index in [1.165, 1.54) is 6.07 Å². The summed E-state index contributed by atoms with van der Waals surface area (Å²) in [5.41, 5.74) is 3.68. The van der Waals surface area contributed by atoms with Crippen LogP contribution in [0.15, 0.2) is 39.7 Å². The third-order valence-corrected chi connectivity index (χ3v) is 5.66. The van der Waals surface area contributed by atoms with Crippen LogP contribution < -0.4 is 15.2 Å². The molecular weight excluding hydrogens is 460 g/mol. The minimum Gasteiger partial charge on any atom is -0.417 e. The average Bonchev–Trinajstić information content (AvgIpc) is 2.70. The van der Waals surface area contributed by atoms with Crippen LogP contribution in [-0.2, 0) is 6.54 Å². The highest BCUT2D eigenvalue weighted by Crippen LogP contribution is 2.24. The molecule has 30 heavy (non-hydrogen) atoms. The molecule has 0 radical (unpaired) electrons. The first kappa shape index (κ1) is 20.7. The van der Waals surface area contributed by atoms with Crippen LogP contribution in [0.25, 0.3) is 11.0 Å². The quantitative estimate of drug-likeness (QED) is 0.604. The van der Waals surface area contributed by atoms with Gasteiger partial charge in [0.25, 0.3) is 5.56 Å². The van der Waals surface area contributed by atoms with Gasteiger partial charge in [-0.1, -0.05) is 0 Å². The van der Waals surface area contributed by atoms with Crippen LogP contribution in [0.4, 0.5) is 14.5 Å². The van der Waals surface area contributed by atoms with Gasteiger partial charge in [-0.3, -0.25) is 9.69 Å². The number of aromatic amines is 1. The van der Waals surface area contributed by atoms with Crippen molar-refractivity contribution < 1.29 is 13.5 Å². The summed E-state index contributed by atoms with van der Waals surface area (Å²) in [5.74, 6) is -0.0861. The van der Waals surface area contributed by atoms with Gasteiger partial charge >= 0.3 is 6.61 Å². The van der Waals surface area contributed by atoms with Gasteiger partial charge in [0.15, 0.2) is 0 Å². The standard InChI is InChI=1S/C20H20BrF2N5O2/c1-12-19(29)26-16-9-13(8-15(21)18(16)25-12)11-27-4-6-28(7-5-27)14-2-3-17(24-10-14)30-20(22)23/h2-3,8-10,20H,4-7,11H2,1H3,(H,26,29). The van der Waals surface area contributed by atoms with Crippen molar-refractivity contribution in [2.45, 2.75) is 20.1 Å². The summed E-state index contributed by atoms with van der Waals surface area (Å²) in [6.07, 6.45) is 1.55. The maximum atomic E-state index is 12.2. The van der Waals surface area contributed by atoms with Gasteiger partial charge in [-0.15, -0.1) is 0 Å². The fourth-order valence-corrected chi connectivity index (χ4v) is 4.13. The molecule has 0 spiro atoms. The number of ether oxygens (including phenoxy) is 1. The molecule has 7 nitrogen and oxygen atoms in total. The number of nitrogens with zero attached hydrogens (tertiary/aromatic N) is 4. The fourth-order valence-electron chi connectivity index (χ4n) is 3.53. The molecule has 0 atom stereocenters. The van der Waals surface area contributed by atoms with Crippen molar-refractivity contribution in [1.82, 2.24) is 19.9 Å². The van der Waals surface area contributed by atoms with Crippen molar-refractivity contribution in [3.05, 3.63) is 56.5 Å². The predicted molar refractivity (Wildman–Crippen MR) is 113 cm³/mol. The van der Waals surface area contributed by atoms with E-state index in [0.717, 1.165) is 54.0 Å². The van der Waals surface area contributed by atoms with Crippen molar-refractivity contribution in [3.63, 3.8) is 0 Å². The maximum Gasteiger partial charge on any atom is 0.388 e. The number of pyridine rings is 1. The second-order valence-electron chi connectivity index (χ2n) is 7.12. The summed E-state index contributed by atoms with van der Waals surface area (Å²) in [4.78, 5) is 27.6. The molecule has 1 aliphatic rings. The zero-order chi connectivity index (χ0) is 21.3. The van der Waals surface area contributed by atoms with Crippen LogP contribution in [-0.4, -0.2) is 52.6 Å². The Hall–Kier alpha value is -2.59. The van der Waals surface area contributed by atoms with Gasteiger partial charge in [0, 0.05) is 43.3 Å². The second kappa shape index (κ2) is 8.65. The molecule has 3 heterocycles. The molecule has 2 aromatic heterocycles. The molecule has 1 fully saturated rings. The van der Waals surface area contributed by atoms with E-state index in [2.05, 4.69) is 45.4 Å². The minimum absolute atomic E-state index is 0.0861. The van der Waals surface area contributed by atoms with Crippen LogP contribution in [0.5, 0.6) is 5.88 Å². The molecule has 0 saturated carbocycles. The molecule has 0 unspecified atom stereocenters. The molecule has 10 heteroatoms. The maximum absolute atomic E-state index is 12.2. The molecule has 4 rings (SSSR count). The summed E-state index contributed by atoms with van der Waals surface area (Å²) in [7, 11) is 0. The number of nitrogens with one attached hydrogen (secondary N) is 1. The molecule has 0 amide bonds. The van der Waals surface area contributed by atoms with Gasteiger partial charge in [0.05, 0.1) is 17.4 Å². The van der Waals surface area contributed by atoms with Crippen LogP contribution >= 0.6 is 15.9 Å². The number of piperazine rings is 1. The van der Waals surface area contributed by atoms with E-state index in [-0.39, 0.29) is 11.4 Å². The summed E-state index contributed by atoms with van der Waals surface area (Å²) >= 11 is 3.56. The zero-order valence-electron chi connectivity index (χ0n) is 16.2. The number of alkyl halides is 2. The summed E-state index contributed by atoms with van der Waals surface area (Å²) in [5, 5.41) is 0. The van der Waals surface area contributed by atoms with Crippen LogP contribution in [0.1, 0.15) is 11.3 Å². The fraction of sp³-hybridized carbons (Fsp3) is 0.350. The SMILES string of the molecule is Cc1nc2c(Br)cc(CN3CCN(c4ccc(OC(F)F)nc4)CC3)cc2[nH]c1=O. The molecule has 158 valence electrons. The molecule has 3 aromatic rings. The Morgan fingerprint density at radius 2 is 2.00 bits per heavy atom. The molecule has 0 aliphatic carbocycles. The van der Waals surface area contributed by atoms with E-state index in [9.17, 15) is 13.6 Å². The topological polar surface area (TPSA) is 74.4 Å². The Morgan fingerprint density at radius 1 is 1.23 bits per heavy atom. The molecule has 1 aliphatic heterocycles. The van der Waals surface area contributed by atoms with Gasteiger partial charge in [-0.05, 0) is 46.6 Å². The van der Waals surface area contributed by atoms with Crippen LogP contribution in [0.2, 0.25) is 0 Å². The van der Waals surface area contributed by atoms with Gasteiger partial charge in [0.1, 0.15) is 11.2 Å². The Labute approximate surface area is 179 Å². The smallest absolute Gasteiger partial charge is 0.388 e. The van der Waals surface area contributed by atoms with E-state index in [1.54, 1.807) is 19.2 Å². The van der Waals surface area contributed by atoms with E-state index >= 15 is 0 Å². The zero-order valence-corrected chi connectivity index (χ0v) is 17.8. The third-order valence-electron chi connectivity index (χ3n) is 5.05. The van der Waals surface area contributed by atoms with Crippen LogP contribution in [0, 0.1) is 6.92 Å². The second-order valence-corrected chi connectivity index (χ2v) is 7.98. The van der Waals surface area contributed by atoms with E-state index in [1.807, 2.05) is 12.1 Å². The molecule has 1 aromatic carbocycles. The largest absolute Gasteiger partial charge is 0.417 e. The molecule has 1 saturated heterocycles. The Balaban J connectivity index is 1.40. The van der Waals surface area contributed by atoms with Crippen molar-refractivity contribution in [3.8, 4) is 5.88 Å². The number of halogens is 3. The summed E-state index contributed by atoms with van der Waals surface area (Å²) < 4.78 is 29.6. The molecular formula is C20H20BrF2N5O2. The number of aryl methyl sites for hydroxylation is 1. The lowest BCUT2D eigenvalue weighted by Gasteiger charge is -2.36. The third kappa shape index (κ3) is 4.59. The first-order chi connectivity index (χ1) is 14.4. The summed E-state index contributed by atoms with van der Waals surface area (Å²) in [6, 6.07) is 7.19. The highest BCUT2D eigenvalue weighted by atomic mass is 79.9. The average molecular weight is 480 g/mol. The number of hydrogen-bond acceptors (Lipinski definition) is 6. The number of rotatable bonds is 5. The van der Waals surface area contributed by atoms with E-state index in [0.29, 0.717) is 11.2 Å². The number of anilines is 1. The number of aromatic nitrogens is 3. The normalized spacial score (nSPS) is 15.2. The monoisotopic (exact) mass is 479 g/mol. The Bertz CT molecular complexity index is 1100. The van der Waals surface area contributed by atoms with Crippen LogP contribution in [0.3, 0.4) is 0 Å². The first-order valence-corrected chi connectivity index (χ1v) is 10.3. The van der Waals surface area contributed by atoms with E-state index in [4.69, 9.17) is 0 Å². The number of benzene rings is 1.